The van der Waals surface area contributed by atoms with Gasteiger partial charge in [-0.25, -0.2) is 9.07 Å². The van der Waals surface area contributed by atoms with Gasteiger partial charge in [0.15, 0.2) is 5.69 Å². The number of hydrogen-bond donors (Lipinski definition) is 0. The summed E-state index contributed by atoms with van der Waals surface area (Å²) >= 11 is 0. The minimum absolute atomic E-state index is 0.165. The zero-order valence-electron chi connectivity index (χ0n) is 9.06. The van der Waals surface area contributed by atoms with E-state index < -0.39 is 28.3 Å². The van der Waals surface area contributed by atoms with Crippen LogP contribution in [0, 0.1) is 15.9 Å². The van der Waals surface area contributed by atoms with Crippen molar-refractivity contribution in [1.82, 2.24) is 9.78 Å². The van der Waals surface area contributed by atoms with Gasteiger partial charge in [-0.15, -0.1) is 0 Å². The van der Waals surface area contributed by atoms with Crippen LogP contribution in [-0.2, 0) is 6.18 Å². The third-order valence-electron chi connectivity index (χ3n) is 2.22. The molecule has 0 bridgehead atoms. The summed E-state index contributed by atoms with van der Waals surface area (Å²) in [5.41, 5.74) is -1.90. The van der Waals surface area contributed by atoms with Gasteiger partial charge in [0, 0.05) is 18.3 Å². The lowest BCUT2D eigenvalue weighted by Crippen LogP contribution is -2.07. The van der Waals surface area contributed by atoms with Crippen LogP contribution in [0.5, 0.6) is 0 Å². The van der Waals surface area contributed by atoms with Crippen molar-refractivity contribution >= 4 is 5.69 Å². The van der Waals surface area contributed by atoms with Crippen LogP contribution < -0.4 is 0 Å². The maximum atomic E-state index is 13.1. The molecule has 5 nitrogen and oxygen atoms in total. The van der Waals surface area contributed by atoms with Crippen molar-refractivity contribution in [2.24, 2.45) is 0 Å². The fourth-order valence-corrected chi connectivity index (χ4v) is 1.42. The number of halogens is 4. The molecular formula is C10H5F4N3O2. The first kappa shape index (κ1) is 13.0. The maximum absolute atomic E-state index is 13.1. The van der Waals surface area contributed by atoms with Gasteiger partial charge in [0.2, 0.25) is 0 Å². The van der Waals surface area contributed by atoms with Gasteiger partial charge in [-0.05, 0) is 6.07 Å². The predicted molar refractivity (Wildman–Crippen MR) is 55.2 cm³/mol. The topological polar surface area (TPSA) is 61.0 Å². The Hall–Kier alpha value is -2.45. The number of aromatic nitrogens is 2. The van der Waals surface area contributed by atoms with Gasteiger partial charge in [0.05, 0.1) is 16.7 Å². The van der Waals surface area contributed by atoms with E-state index in [1.165, 1.54) is 0 Å². The first-order valence-electron chi connectivity index (χ1n) is 4.85. The van der Waals surface area contributed by atoms with Crippen molar-refractivity contribution in [3.63, 3.8) is 0 Å². The Labute approximate surface area is 103 Å². The minimum atomic E-state index is -4.63. The van der Waals surface area contributed by atoms with E-state index in [2.05, 4.69) is 5.10 Å². The Bertz CT molecular complexity index is 636. The summed E-state index contributed by atoms with van der Waals surface area (Å²) < 4.78 is 50.9. The first-order chi connectivity index (χ1) is 8.77. The van der Waals surface area contributed by atoms with Crippen LogP contribution in [0.1, 0.15) is 5.69 Å². The Morgan fingerprint density at radius 3 is 2.47 bits per heavy atom. The summed E-state index contributed by atoms with van der Waals surface area (Å²) in [6.45, 7) is 0. The number of hydrogen-bond acceptors (Lipinski definition) is 3. The van der Waals surface area contributed by atoms with Gasteiger partial charge in [-0.1, -0.05) is 0 Å². The smallest absolute Gasteiger partial charge is 0.258 e. The quantitative estimate of drug-likeness (QED) is 0.481. The highest BCUT2D eigenvalue weighted by Crippen LogP contribution is 2.28. The molecule has 0 aliphatic rings. The van der Waals surface area contributed by atoms with Gasteiger partial charge in [-0.2, -0.15) is 18.3 Å². The molecule has 0 radical (unpaired) electrons. The van der Waals surface area contributed by atoms with E-state index in [1.54, 1.807) is 0 Å². The summed E-state index contributed by atoms with van der Waals surface area (Å²) in [6.07, 6.45) is -3.69. The molecule has 2 aromatic rings. The summed E-state index contributed by atoms with van der Waals surface area (Å²) in [5, 5.41) is 13.7. The standard InChI is InChI=1S/C10H5F4N3O2/c11-6-3-7(5-8(4-6)17(18)19)16-2-1-9(15-16)10(12,13)14/h1-5H. The second-order valence-electron chi connectivity index (χ2n) is 3.57. The predicted octanol–water partition coefficient (Wildman–Crippen LogP) is 2.94. The number of nitro benzene ring substituents is 1. The van der Waals surface area contributed by atoms with Crippen LogP contribution in [0.3, 0.4) is 0 Å². The van der Waals surface area contributed by atoms with Crippen molar-refractivity contribution < 1.29 is 22.5 Å². The fourth-order valence-electron chi connectivity index (χ4n) is 1.42. The number of alkyl halides is 3. The summed E-state index contributed by atoms with van der Waals surface area (Å²) in [4.78, 5) is 9.68. The van der Waals surface area contributed by atoms with Crippen LogP contribution in [0.2, 0.25) is 0 Å². The first-order valence-corrected chi connectivity index (χ1v) is 4.85. The molecule has 0 saturated carbocycles. The fraction of sp³-hybridized carbons (Fsp3) is 0.100. The van der Waals surface area contributed by atoms with Crippen LogP contribution in [0.25, 0.3) is 5.69 Å². The molecule has 0 N–H and O–H groups in total. The zero-order chi connectivity index (χ0) is 14.2. The van der Waals surface area contributed by atoms with E-state index in [4.69, 9.17) is 0 Å². The molecule has 0 aliphatic heterocycles. The average molecular weight is 275 g/mol. The molecule has 1 aromatic carbocycles. The second kappa shape index (κ2) is 4.34. The van der Waals surface area contributed by atoms with Crippen LogP contribution in [0.4, 0.5) is 23.2 Å². The van der Waals surface area contributed by atoms with Gasteiger partial charge in [0.25, 0.3) is 5.69 Å². The monoisotopic (exact) mass is 275 g/mol. The van der Waals surface area contributed by atoms with E-state index in [0.717, 1.165) is 23.0 Å². The van der Waals surface area contributed by atoms with E-state index in [1.807, 2.05) is 0 Å². The number of nitrogens with zero attached hydrogens (tertiary/aromatic N) is 3. The zero-order valence-corrected chi connectivity index (χ0v) is 9.06. The Morgan fingerprint density at radius 1 is 1.26 bits per heavy atom. The molecule has 0 atom stereocenters. The molecule has 0 spiro atoms. The molecule has 2 rings (SSSR count). The molecular weight excluding hydrogens is 270 g/mol. The highest BCUT2D eigenvalue weighted by molar-refractivity contribution is 5.43. The van der Waals surface area contributed by atoms with Crippen LogP contribution >= 0.6 is 0 Å². The van der Waals surface area contributed by atoms with Gasteiger partial charge in [0.1, 0.15) is 5.82 Å². The lowest BCUT2D eigenvalue weighted by atomic mass is 10.3. The molecule has 0 unspecified atom stereocenters. The van der Waals surface area contributed by atoms with Gasteiger partial charge in [-0.3, -0.25) is 10.1 Å². The molecule has 0 aliphatic carbocycles. The highest BCUT2D eigenvalue weighted by Gasteiger charge is 2.33. The largest absolute Gasteiger partial charge is 0.435 e. The van der Waals surface area contributed by atoms with Crippen molar-refractivity contribution in [2.75, 3.05) is 0 Å². The molecule has 1 aromatic heterocycles. The van der Waals surface area contributed by atoms with Crippen LogP contribution in [-0.4, -0.2) is 14.7 Å². The minimum Gasteiger partial charge on any atom is -0.258 e. The lowest BCUT2D eigenvalue weighted by Gasteiger charge is -2.03. The number of benzene rings is 1. The summed E-state index contributed by atoms with van der Waals surface area (Å²) in [6, 6.07) is 3.13. The lowest BCUT2D eigenvalue weighted by molar-refractivity contribution is -0.385. The molecule has 0 amide bonds. The van der Waals surface area contributed by atoms with Gasteiger partial charge >= 0.3 is 6.18 Å². The Morgan fingerprint density at radius 2 is 1.95 bits per heavy atom. The number of nitro groups is 1. The van der Waals surface area contributed by atoms with Crippen LogP contribution in [0.15, 0.2) is 30.5 Å². The molecule has 100 valence electrons. The molecule has 9 heteroatoms. The van der Waals surface area contributed by atoms with E-state index in [9.17, 15) is 27.7 Å². The van der Waals surface area contributed by atoms with Crippen molar-refractivity contribution in [3.05, 3.63) is 52.1 Å². The molecule has 19 heavy (non-hydrogen) atoms. The maximum Gasteiger partial charge on any atom is 0.435 e. The summed E-state index contributed by atoms with van der Waals surface area (Å²) in [5.74, 6) is -0.937. The summed E-state index contributed by atoms with van der Waals surface area (Å²) in [7, 11) is 0. The Balaban J connectivity index is 2.47. The highest BCUT2D eigenvalue weighted by atomic mass is 19.4. The van der Waals surface area contributed by atoms with Gasteiger partial charge < -0.3 is 0 Å². The molecule has 1 heterocycles. The Kier molecular flexibility index (Phi) is 2.97. The normalized spacial score (nSPS) is 11.6. The number of rotatable bonds is 2. The van der Waals surface area contributed by atoms with E-state index in [0.29, 0.717) is 12.1 Å². The third-order valence-corrected chi connectivity index (χ3v) is 2.22. The van der Waals surface area contributed by atoms with Crippen molar-refractivity contribution in [1.29, 1.82) is 0 Å². The molecule has 0 fully saturated rings. The van der Waals surface area contributed by atoms with E-state index >= 15 is 0 Å². The second-order valence-corrected chi connectivity index (χ2v) is 3.57. The molecule has 0 saturated heterocycles. The van der Waals surface area contributed by atoms with E-state index in [-0.39, 0.29) is 5.69 Å². The van der Waals surface area contributed by atoms with Crippen molar-refractivity contribution in [2.45, 2.75) is 6.18 Å². The average Bonchev–Trinajstić information content (AvgIpc) is 2.76. The third kappa shape index (κ3) is 2.69. The number of non-ortho nitro benzene ring substituents is 1. The SMILES string of the molecule is O=[N+]([O-])c1cc(F)cc(-n2ccc(C(F)(F)F)n2)c1. The van der Waals surface area contributed by atoms with Crippen molar-refractivity contribution in [3.8, 4) is 5.69 Å².